The molecule has 2 saturated carbocycles. The van der Waals surface area contributed by atoms with E-state index < -0.39 is 9.84 Å². The van der Waals surface area contributed by atoms with E-state index in [9.17, 15) is 13.2 Å². The highest BCUT2D eigenvalue weighted by atomic mass is 32.2. The summed E-state index contributed by atoms with van der Waals surface area (Å²) in [7, 11) is -3.33. The van der Waals surface area contributed by atoms with Gasteiger partial charge in [0.1, 0.15) is 11.8 Å². The molecule has 0 saturated heterocycles. The van der Waals surface area contributed by atoms with Gasteiger partial charge in [-0.3, -0.25) is 14.3 Å². The number of aromatic nitrogens is 7. The molecular weight excluding hydrogens is 492 g/mol. The van der Waals surface area contributed by atoms with Crippen LogP contribution in [-0.4, -0.2) is 49.1 Å². The van der Waals surface area contributed by atoms with Crippen molar-refractivity contribution in [1.29, 1.82) is 0 Å². The fraction of sp³-hybridized carbons (Fsp3) is 0.400. The predicted molar refractivity (Wildman–Crippen MR) is 137 cm³/mol. The molecule has 2 fully saturated rings. The highest BCUT2D eigenvalue weighted by Gasteiger charge is 2.31. The summed E-state index contributed by atoms with van der Waals surface area (Å²) in [5.74, 6) is 1.09. The lowest BCUT2D eigenvalue weighted by Gasteiger charge is -2.28. The molecule has 2 aliphatic rings. The summed E-state index contributed by atoms with van der Waals surface area (Å²) in [5.41, 5.74) is 3.97. The van der Waals surface area contributed by atoms with Crippen LogP contribution >= 0.6 is 0 Å². The molecule has 190 valence electrons. The van der Waals surface area contributed by atoms with Crippen LogP contribution in [0.15, 0.2) is 40.5 Å². The van der Waals surface area contributed by atoms with Gasteiger partial charge in [-0.2, -0.15) is 0 Å². The standard InChI is InChI=1S/C25H26N8O3S/c1-14-20(21(15-6-7-15)30-13-29-14)22-28-12-19-24(32-22)33(17-4-3-5-17)25(34)23(31-19)27-10-16-8-9-18(11-26-16)37(2,35)36/h8-9,11-13,15,17H,3-7,10H2,1-2H3,(H,27,31). The number of hydrogen-bond acceptors (Lipinski definition) is 10. The quantitative estimate of drug-likeness (QED) is 0.387. The molecule has 12 heteroatoms. The van der Waals surface area contributed by atoms with Gasteiger partial charge in [0.25, 0.3) is 5.56 Å². The molecule has 1 N–H and O–H groups in total. The van der Waals surface area contributed by atoms with Crippen LogP contribution in [0.4, 0.5) is 5.82 Å². The molecule has 0 amide bonds. The summed E-state index contributed by atoms with van der Waals surface area (Å²) in [6, 6.07) is 3.16. The zero-order valence-electron chi connectivity index (χ0n) is 20.5. The molecule has 0 unspecified atom stereocenters. The molecule has 37 heavy (non-hydrogen) atoms. The van der Waals surface area contributed by atoms with Crippen molar-refractivity contribution < 1.29 is 8.42 Å². The molecule has 0 aromatic carbocycles. The van der Waals surface area contributed by atoms with E-state index >= 15 is 0 Å². The first-order valence-electron chi connectivity index (χ1n) is 12.3. The van der Waals surface area contributed by atoms with E-state index in [1.807, 2.05) is 6.92 Å². The smallest absolute Gasteiger partial charge is 0.295 e. The van der Waals surface area contributed by atoms with Crippen LogP contribution in [0.5, 0.6) is 0 Å². The Morgan fingerprint density at radius 3 is 2.49 bits per heavy atom. The van der Waals surface area contributed by atoms with E-state index in [2.05, 4.69) is 30.2 Å². The Kier molecular flexibility index (Phi) is 5.70. The van der Waals surface area contributed by atoms with Gasteiger partial charge < -0.3 is 5.32 Å². The zero-order chi connectivity index (χ0) is 25.7. The Labute approximate surface area is 213 Å². The van der Waals surface area contributed by atoms with Crippen molar-refractivity contribution in [2.45, 2.75) is 62.4 Å². The monoisotopic (exact) mass is 518 g/mol. The summed E-state index contributed by atoms with van der Waals surface area (Å²) >= 11 is 0. The van der Waals surface area contributed by atoms with Crippen LogP contribution in [0.1, 0.15) is 61.1 Å². The minimum absolute atomic E-state index is 0.0458. The van der Waals surface area contributed by atoms with Crippen LogP contribution in [0.3, 0.4) is 0 Å². The van der Waals surface area contributed by atoms with Crippen LogP contribution in [-0.2, 0) is 16.4 Å². The van der Waals surface area contributed by atoms with Crippen LogP contribution in [0.25, 0.3) is 22.6 Å². The minimum atomic E-state index is -3.33. The Morgan fingerprint density at radius 1 is 1.03 bits per heavy atom. The van der Waals surface area contributed by atoms with Gasteiger partial charge >= 0.3 is 0 Å². The summed E-state index contributed by atoms with van der Waals surface area (Å²) in [6.45, 7) is 2.14. The maximum absolute atomic E-state index is 13.6. The van der Waals surface area contributed by atoms with Crippen molar-refractivity contribution in [2.75, 3.05) is 11.6 Å². The summed E-state index contributed by atoms with van der Waals surface area (Å²) < 4.78 is 25.1. The molecule has 11 nitrogen and oxygen atoms in total. The van der Waals surface area contributed by atoms with Crippen molar-refractivity contribution in [3.8, 4) is 11.4 Å². The first-order valence-corrected chi connectivity index (χ1v) is 14.2. The number of rotatable bonds is 7. The summed E-state index contributed by atoms with van der Waals surface area (Å²) in [5, 5.41) is 3.08. The molecule has 4 aromatic rings. The predicted octanol–water partition coefficient (Wildman–Crippen LogP) is 2.96. The first kappa shape index (κ1) is 23.6. The summed E-state index contributed by atoms with van der Waals surface area (Å²) in [4.78, 5) is 40.8. The van der Waals surface area contributed by atoms with Crippen molar-refractivity contribution in [3.63, 3.8) is 0 Å². The maximum Gasteiger partial charge on any atom is 0.295 e. The topological polar surface area (TPSA) is 146 Å². The molecule has 6 rings (SSSR count). The van der Waals surface area contributed by atoms with Gasteiger partial charge in [-0.15, -0.1) is 0 Å². The third-order valence-electron chi connectivity index (χ3n) is 6.99. The highest BCUT2D eigenvalue weighted by Crippen LogP contribution is 2.43. The number of anilines is 1. The number of sulfone groups is 1. The van der Waals surface area contributed by atoms with Crippen LogP contribution in [0.2, 0.25) is 0 Å². The lowest BCUT2D eigenvalue weighted by Crippen LogP contribution is -2.32. The third-order valence-corrected chi connectivity index (χ3v) is 8.09. The van der Waals surface area contributed by atoms with Gasteiger partial charge in [-0.1, -0.05) is 0 Å². The number of nitrogens with zero attached hydrogens (tertiary/aromatic N) is 7. The fourth-order valence-electron chi connectivity index (χ4n) is 4.56. The van der Waals surface area contributed by atoms with Gasteiger partial charge in [0, 0.05) is 24.4 Å². The molecule has 2 aliphatic carbocycles. The Morgan fingerprint density at radius 2 is 1.84 bits per heavy atom. The number of aryl methyl sites for hydroxylation is 1. The number of fused-ring (bicyclic) bond motifs is 1. The van der Waals surface area contributed by atoms with Crippen molar-refractivity contribution in [1.82, 2.24) is 34.5 Å². The molecular formula is C25H26N8O3S. The molecule has 4 aromatic heterocycles. The van der Waals surface area contributed by atoms with E-state index in [-0.39, 0.29) is 28.9 Å². The lowest BCUT2D eigenvalue weighted by molar-refractivity contribution is 0.313. The van der Waals surface area contributed by atoms with E-state index in [0.29, 0.717) is 28.6 Å². The average Bonchev–Trinajstić information content (AvgIpc) is 3.68. The second kappa shape index (κ2) is 8.94. The van der Waals surface area contributed by atoms with Gasteiger partial charge in [0.2, 0.25) is 0 Å². The lowest BCUT2D eigenvalue weighted by atomic mass is 9.93. The summed E-state index contributed by atoms with van der Waals surface area (Å²) in [6.07, 6.45) is 10.7. The Hall–Kier alpha value is -3.80. The fourth-order valence-corrected chi connectivity index (χ4v) is 5.12. The second-order valence-corrected chi connectivity index (χ2v) is 11.7. The number of pyridine rings is 1. The molecule has 0 spiro atoms. The van der Waals surface area contributed by atoms with Crippen molar-refractivity contribution >= 4 is 26.8 Å². The Balaban J connectivity index is 1.39. The molecule has 0 radical (unpaired) electrons. The highest BCUT2D eigenvalue weighted by molar-refractivity contribution is 7.90. The number of hydrogen-bond donors (Lipinski definition) is 1. The molecule has 0 bridgehead atoms. The second-order valence-electron chi connectivity index (χ2n) is 9.73. The molecule has 0 aliphatic heterocycles. The van der Waals surface area contributed by atoms with E-state index in [1.54, 1.807) is 23.2 Å². The van der Waals surface area contributed by atoms with E-state index in [0.717, 1.165) is 55.3 Å². The molecule has 0 atom stereocenters. The Bertz CT molecular complexity index is 1680. The third kappa shape index (κ3) is 4.45. The minimum Gasteiger partial charge on any atom is -0.360 e. The normalized spacial score (nSPS) is 16.1. The van der Waals surface area contributed by atoms with Crippen LogP contribution in [0, 0.1) is 6.92 Å². The SMILES string of the molecule is Cc1ncnc(C2CC2)c1-c1ncc2nc(NCc3ccc(S(C)(=O)=O)cn3)c(=O)n(C3CCC3)c2n1. The van der Waals surface area contributed by atoms with E-state index in [4.69, 9.17) is 4.98 Å². The van der Waals surface area contributed by atoms with Gasteiger partial charge in [0.05, 0.1) is 40.3 Å². The van der Waals surface area contributed by atoms with Crippen molar-refractivity contribution in [3.05, 3.63) is 58.3 Å². The largest absolute Gasteiger partial charge is 0.360 e. The molecule has 4 heterocycles. The average molecular weight is 519 g/mol. The van der Waals surface area contributed by atoms with Crippen molar-refractivity contribution in [2.24, 2.45) is 0 Å². The van der Waals surface area contributed by atoms with Crippen LogP contribution < -0.4 is 10.9 Å². The maximum atomic E-state index is 13.6. The van der Waals surface area contributed by atoms with E-state index in [1.165, 1.54) is 12.3 Å². The number of nitrogens with one attached hydrogen (secondary N) is 1. The van der Waals surface area contributed by atoms with Gasteiger partial charge in [-0.05, 0) is 51.2 Å². The first-order chi connectivity index (χ1) is 17.8. The van der Waals surface area contributed by atoms with Gasteiger partial charge in [-0.25, -0.2) is 33.3 Å². The van der Waals surface area contributed by atoms with Gasteiger partial charge in [0.15, 0.2) is 27.1 Å². The zero-order valence-corrected chi connectivity index (χ0v) is 21.4.